The molecule has 0 bridgehead atoms. The van der Waals surface area contributed by atoms with Gasteiger partial charge in [-0.3, -0.25) is 9.36 Å². The molecule has 2 heterocycles. The summed E-state index contributed by atoms with van der Waals surface area (Å²) in [6.45, 7) is 7.49. The van der Waals surface area contributed by atoms with Crippen LogP contribution in [0.3, 0.4) is 0 Å². The highest BCUT2D eigenvalue weighted by atomic mass is 16.5. The molecule has 2 aromatic heterocycles. The summed E-state index contributed by atoms with van der Waals surface area (Å²) in [5.74, 6) is -0.345. The number of nitrogens with one attached hydrogen (secondary N) is 1. The molecule has 0 saturated heterocycles. The van der Waals surface area contributed by atoms with E-state index >= 15 is 0 Å². The average Bonchev–Trinajstić information content (AvgIpc) is 3.19. The Morgan fingerprint density at radius 3 is 2.52 bits per heavy atom. The molecule has 1 atom stereocenters. The highest BCUT2D eigenvalue weighted by molar-refractivity contribution is 5.96. The van der Waals surface area contributed by atoms with Crippen molar-refractivity contribution in [2.75, 3.05) is 6.54 Å². The van der Waals surface area contributed by atoms with E-state index < -0.39 is 12.1 Å². The van der Waals surface area contributed by atoms with Crippen LogP contribution in [0, 0.1) is 24.2 Å². The lowest BCUT2D eigenvalue weighted by molar-refractivity contribution is -0.129. The van der Waals surface area contributed by atoms with E-state index in [9.17, 15) is 14.9 Å². The molecule has 7 nitrogen and oxygen atoms in total. The number of amides is 1. The summed E-state index contributed by atoms with van der Waals surface area (Å²) < 4.78 is 12.4. The number of furan rings is 1. The van der Waals surface area contributed by atoms with Gasteiger partial charge in [0.1, 0.15) is 23.0 Å². The lowest BCUT2D eigenvalue weighted by Crippen LogP contribution is -2.37. The van der Waals surface area contributed by atoms with E-state index in [4.69, 9.17) is 9.15 Å². The normalized spacial score (nSPS) is 11.8. The predicted octanol–water partition coefficient (Wildman–Crippen LogP) is 2.57. The Labute approximate surface area is 146 Å². The quantitative estimate of drug-likeness (QED) is 0.813. The monoisotopic (exact) mass is 343 g/mol. The number of hydrogen-bond donors (Lipinski definition) is 1. The first-order chi connectivity index (χ1) is 11.8. The summed E-state index contributed by atoms with van der Waals surface area (Å²) in [4.78, 5) is 24.4. The van der Waals surface area contributed by atoms with Crippen molar-refractivity contribution >= 4 is 11.9 Å². The van der Waals surface area contributed by atoms with E-state index in [0.717, 1.165) is 0 Å². The second-order valence-corrected chi connectivity index (χ2v) is 6.10. The summed E-state index contributed by atoms with van der Waals surface area (Å²) in [6, 6.07) is 5.53. The van der Waals surface area contributed by atoms with Crippen molar-refractivity contribution in [1.29, 1.82) is 5.26 Å². The molecule has 1 amide bonds. The number of ether oxygens (including phenoxy) is 1. The summed E-state index contributed by atoms with van der Waals surface area (Å²) in [5.41, 5.74) is 0.114. The third-order valence-corrected chi connectivity index (χ3v) is 3.56. The van der Waals surface area contributed by atoms with Crippen molar-refractivity contribution in [3.8, 4) is 12.0 Å². The van der Waals surface area contributed by atoms with Crippen LogP contribution in [0.25, 0.3) is 5.88 Å². The summed E-state index contributed by atoms with van der Waals surface area (Å²) in [6.07, 6.45) is 2.44. The van der Waals surface area contributed by atoms with Gasteiger partial charge < -0.3 is 14.5 Å². The second-order valence-electron chi connectivity index (χ2n) is 6.10. The Balaban J connectivity index is 2.20. The van der Waals surface area contributed by atoms with Gasteiger partial charge in [-0.1, -0.05) is 13.8 Å². The SMILES string of the molecule is Cc1oc(-n2cccc2)c(C#N)c1C(=O)O[C@H](C)C(=O)NCC(C)C. The lowest BCUT2D eigenvalue weighted by atomic mass is 10.1. The Morgan fingerprint density at radius 1 is 1.32 bits per heavy atom. The number of carbonyl (C=O) groups is 2. The van der Waals surface area contributed by atoms with Crippen LogP contribution < -0.4 is 5.32 Å². The zero-order chi connectivity index (χ0) is 18.6. The third-order valence-electron chi connectivity index (χ3n) is 3.56. The van der Waals surface area contributed by atoms with Crippen molar-refractivity contribution in [1.82, 2.24) is 9.88 Å². The molecule has 0 aliphatic heterocycles. The van der Waals surface area contributed by atoms with Gasteiger partial charge in [-0.15, -0.1) is 0 Å². The molecule has 0 spiro atoms. The second kappa shape index (κ2) is 7.71. The van der Waals surface area contributed by atoms with E-state index in [-0.39, 0.29) is 34.6 Å². The Hall–Kier alpha value is -3.01. The molecule has 7 heteroatoms. The number of aromatic nitrogens is 1. The van der Waals surface area contributed by atoms with Crippen LogP contribution in [0.4, 0.5) is 0 Å². The van der Waals surface area contributed by atoms with Gasteiger partial charge in [0.25, 0.3) is 5.91 Å². The van der Waals surface area contributed by atoms with Gasteiger partial charge in [-0.05, 0) is 31.9 Å². The first-order valence-corrected chi connectivity index (χ1v) is 8.00. The fourth-order valence-electron chi connectivity index (χ4n) is 2.25. The van der Waals surface area contributed by atoms with Crippen molar-refractivity contribution < 1.29 is 18.7 Å². The first-order valence-electron chi connectivity index (χ1n) is 8.00. The van der Waals surface area contributed by atoms with Gasteiger partial charge in [0.05, 0.1) is 0 Å². The van der Waals surface area contributed by atoms with Gasteiger partial charge >= 0.3 is 5.97 Å². The number of carbonyl (C=O) groups excluding carboxylic acids is 2. The smallest absolute Gasteiger partial charge is 0.343 e. The molecule has 0 aliphatic rings. The zero-order valence-corrected chi connectivity index (χ0v) is 14.7. The van der Waals surface area contributed by atoms with E-state index in [2.05, 4.69) is 5.32 Å². The number of rotatable bonds is 6. The Kier molecular flexibility index (Phi) is 5.65. The maximum atomic E-state index is 12.5. The van der Waals surface area contributed by atoms with Crippen LogP contribution in [0.2, 0.25) is 0 Å². The van der Waals surface area contributed by atoms with Crippen LogP contribution in [0.5, 0.6) is 0 Å². The van der Waals surface area contributed by atoms with Crippen LogP contribution in [-0.4, -0.2) is 29.1 Å². The highest BCUT2D eigenvalue weighted by Crippen LogP contribution is 2.26. The molecule has 0 unspecified atom stereocenters. The van der Waals surface area contributed by atoms with Crippen molar-refractivity contribution in [3.05, 3.63) is 41.4 Å². The van der Waals surface area contributed by atoms with Crippen molar-refractivity contribution in [3.63, 3.8) is 0 Å². The average molecular weight is 343 g/mol. The lowest BCUT2D eigenvalue weighted by Gasteiger charge is -2.14. The van der Waals surface area contributed by atoms with E-state index in [1.165, 1.54) is 6.92 Å². The Morgan fingerprint density at radius 2 is 1.96 bits per heavy atom. The molecule has 25 heavy (non-hydrogen) atoms. The molecule has 2 aromatic rings. The predicted molar refractivity (Wildman–Crippen MR) is 90.2 cm³/mol. The van der Waals surface area contributed by atoms with E-state index in [1.807, 2.05) is 19.9 Å². The molecule has 0 fully saturated rings. The number of nitriles is 1. The fraction of sp³-hybridized carbons (Fsp3) is 0.389. The van der Waals surface area contributed by atoms with Crippen LogP contribution >= 0.6 is 0 Å². The number of hydrogen-bond acceptors (Lipinski definition) is 5. The minimum atomic E-state index is -0.970. The van der Waals surface area contributed by atoms with Gasteiger partial charge in [0, 0.05) is 18.9 Å². The maximum Gasteiger partial charge on any atom is 0.343 e. The summed E-state index contributed by atoms with van der Waals surface area (Å²) >= 11 is 0. The van der Waals surface area contributed by atoms with Gasteiger partial charge in [0.15, 0.2) is 6.10 Å². The zero-order valence-electron chi connectivity index (χ0n) is 14.7. The molecule has 0 aromatic carbocycles. The van der Waals surface area contributed by atoms with Crippen LogP contribution in [0.15, 0.2) is 28.9 Å². The topological polar surface area (TPSA) is 97.3 Å². The van der Waals surface area contributed by atoms with Crippen molar-refractivity contribution in [2.45, 2.75) is 33.8 Å². The molecular weight excluding hydrogens is 322 g/mol. The van der Waals surface area contributed by atoms with E-state index in [0.29, 0.717) is 6.54 Å². The number of esters is 1. The molecule has 0 saturated carbocycles. The van der Waals surface area contributed by atoms with E-state index in [1.54, 1.807) is 36.0 Å². The Bertz CT molecular complexity index is 797. The van der Waals surface area contributed by atoms with Crippen molar-refractivity contribution in [2.24, 2.45) is 5.92 Å². The highest BCUT2D eigenvalue weighted by Gasteiger charge is 2.28. The fourth-order valence-corrected chi connectivity index (χ4v) is 2.25. The minimum Gasteiger partial charge on any atom is -0.449 e. The standard InChI is InChI=1S/C18H21N3O4/c1-11(2)10-20-16(22)13(4)25-18(23)15-12(3)24-17(14(15)9-19)21-7-5-6-8-21/h5-8,11,13H,10H2,1-4H3,(H,20,22)/t13-/m1/s1. The summed E-state index contributed by atoms with van der Waals surface area (Å²) in [7, 11) is 0. The van der Waals surface area contributed by atoms with Gasteiger partial charge in [-0.2, -0.15) is 5.26 Å². The molecular formula is C18H21N3O4. The van der Waals surface area contributed by atoms with Gasteiger partial charge in [0.2, 0.25) is 5.88 Å². The van der Waals surface area contributed by atoms with Crippen LogP contribution in [0.1, 0.15) is 42.5 Å². The third kappa shape index (κ3) is 4.10. The largest absolute Gasteiger partial charge is 0.449 e. The van der Waals surface area contributed by atoms with Gasteiger partial charge in [-0.25, -0.2) is 4.79 Å². The van der Waals surface area contributed by atoms with Crippen LogP contribution in [-0.2, 0) is 9.53 Å². The molecule has 2 rings (SSSR count). The minimum absolute atomic E-state index is 0.0368. The molecule has 0 aliphatic carbocycles. The summed E-state index contributed by atoms with van der Waals surface area (Å²) in [5, 5.41) is 12.1. The molecule has 0 radical (unpaired) electrons. The first kappa shape index (κ1) is 18.3. The maximum absolute atomic E-state index is 12.5. The number of aryl methyl sites for hydroxylation is 1. The molecule has 132 valence electrons. The molecule has 1 N–H and O–H groups in total. The number of nitrogens with zero attached hydrogens (tertiary/aromatic N) is 2.